The van der Waals surface area contributed by atoms with Gasteiger partial charge in [0.05, 0.1) is 5.56 Å². The zero-order chi connectivity index (χ0) is 11.6. The van der Waals surface area contributed by atoms with E-state index < -0.39 is 5.97 Å². The van der Waals surface area contributed by atoms with Crippen molar-refractivity contribution in [3.63, 3.8) is 0 Å². The molecule has 4 heteroatoms. The van der Waals surface area contributed by atoms with Crippen LogP contribution < -0.4 is 0 Å². The molecule has 0 aromatic heterocycles. The maximum Gasteiger partial charge on any atom is 0.336 e. The molecule has 0 heterocycles. The van der Waals surface area contributed by atoms with Gasteiger partial charge in [0, 0.05) is 11.5 Å². The van der Waals surface area contributed by atoms with Crippen molar-refractivity contribution in [3.05, 3.63) is 29.3 Å². The standard InChI is InChI=1S/C11H12O4/c1-6(2)10(13)9-5-7(12)3-4-8(9)11(14)15/h3-6,12H,1-2H3,(H,14,15). The van der Waals surface area contributed by atoms with Crippen molar-refractivity contribution in [2.24, 2.45) is 5.92 Å². The summed E-state index contributed by atoms with van der Waals surface area (Å²) in [7, 11) is 0. The number of rotatable bonds is 3. The van der Waals surface area contributed by atoms with Crippen molar-refractivity contribution in [2.75, 3.05) is 0 Å². The van der Waals surface area contributed by atoms with Crippen LogP contribution in [0.4, 0.5) is 0 Å². The zero-order valence-electron chi connectivity index (χ0n) is 8.52. The fraction of sp³-hybridized carbons (Fsp3) is 0.273. The van der Waals surface area contributed by atoms with Crippen molar-refractivity contribution in [2.45, 2.75) is 13.8 Å². The number of aromatic carboxylic acids is 1. The molecule has 0 unspecified atom stereocenters. The molecule has 0 aliphatic heterocycles. The number of phenols is 1. The molecule has 0 aliphatic carbocycles. The summed E-state index contributed by atoms with van der Waals surface area (Å²) in [6, 6.07) is 3.67. The Morgan fingerprint density at radius 2 is 1.80 bits per heavy atom. The molecule has 0 saturated carbocycles. The molecule has 0 fully saturated rings. The minimum Gasteiger partial charge on any atom is -0.508 e. The van der Waals surface area contributed by atoms with Gasteiger partial charge < -0.3 is 10.2 Å². The summed E-state index contributed by atoms with van der Waals surface area (Å²) in [5, 5.41) is 18.1. The van der Waals surface area contributed by atoms with E-state index in [1.807, 2.05) is 0 Å². The van der Waals surface area contributed by atoms with E-state index in [-0.39, 0.29) is 28.6 Å². The molecule has 1 aromatic carbocycles. The fourth-order valence-electron chi connectivity index (χ4n) is 1.23. The maximum atomic E-state index is 11.6. The Hall–Kier alpha value is -1.84. The Bertz CT molecular complexity index is 407. The normalized spacial score (nSPS) is 10.3. The Balaban J connectivity index is 3.30. The van der Waals surface area contributed by atoms with Gasteiger partial charge in [0.2, 0.25) is 0 Å². The van der Waals surface area contributed by atoms with Crippen LogP contribution >= 0.6 is 0 Å². The van der Waals surface area contributed by atoms with E-state index in [2.05, 4.69) is 0 Å². The van der Waals surface area contributed by atoms with Crippen molar-refractivity contribution < 1.29 is 19.8 Å². The van der Waals surface area contributed by atoms with E-state index in [9.17, 15) is 14.7 Å². The zero-order valence-corrected chi connectivity index (χ0v) is 8.52. The number of benzene rings is 1. The topological polar surface area (TPSA) is 74.6 Å². The van der Waals surface area contributed by atoms with Gasteiger partial charge >= 0.3 is 5.97 Å². The van der Waals surface area contributed by atoms with E-state index >= 15 is 0 Å². The first-order chi connectivity index (χ1) is 6.93. The number of aromatic hydroxyl groups is 1. The molecular formula is C11H12O4. The van der Waals surface area contributed by atoms with Crippen LogP contribution in [0.5, 0.6) is 5.75 Å². The molecule has 80 valence electrons. The lowest BCUT2D eigenvalue weighted by atomic mass is 9.96. The maximum absolute atomic E-state index is 11.6. The molecule has 0 aliphatic rings. The number of phenolic OH excluding ortho intramolecular Hbond substituents is 1. The third-order valence-corrected chi connectivity index (χ3v) is 2.02. The van der Waals surface area contributed by atoms with Crippen LogP contribution in [0.15, 0.2) is 18.2 Å². The number of hydrogen-bond acceptors (Lipinski definition) is 3. The van der Waals surface area contributed by atoms with Crippen molar-refractivity contribution >= 4 is 11.8 Å². The summed E-state index contributed by atoms with van der Waals surface area (Å²) in [6.45, 7) is 3.36. The SMILES string of the molecule is CC(C)C(=O)c1cc(O)ccc1C(=O)O. The summed E-state index contributed by atoms with van der Waals surface area (Å²) in [5.41, 5.74) is -0.0241. The first kappa shape index (κ1) is 11.2. The minimum atomic E-state index is -1.17. The second-order valence-electron chi connectivity index (χ2n) is 3.55. The predicted molar refractivity (Wildman–Crippen MR) is 54.2 cm³/mol. The summed E-state index contributed by atoms with van der Waals surface area (Å²) >= 11 is 0. The number of hydrogen-bond donors (Lipinski definition) is 2. The van der Waals surface area contributed by atoms with Gasteiger partial charge in [-0.25, -0.2) is 4.79 Å². The van der Waals surface area contributed by atoms with Crippen molar-refractivity contribution in [1.29, 1.82) is 0 Å². The van der Waals surface area contributed by atoms with Crippen LogP contribution in [0.3, 0.4) is 0 Å². The molecule has 2 N–H and O–H groups in total. The van der Waals surface area contributed by atoms with Crippen LogP contribution in [0.1, 0.15) is 34.6 Å². The summed E-state index contributed by atoms with van der Waals surface area (Å²) in [6.07, 6.45) is 0. The van der Waals surface area contributed by atoms with E-state index in [1.165, 1.54) is 18.2 Å². The van der Waals surface area contributed by atoms with Gasteiger partial charge in [0.25, 0.3) is 0 Å². The largest absolute Gasteiger partial charge is 0.508 e. The second-order valence-corrected chi connectivity index (χ2v) is 3.55. The highest BCUT2D eigenvalue weighted by molar-refractivity contribution is 6.06. The van der Waals surface area contributed by atoms with E-state index in [1.54, 1.807) is 13.8 Å². The van der Waals surface area contributed by atoms with Crippen molar-refractivity contribution in [3.8, 4) is 5.75 Å². The molecule has 4 nitrogen and oxygen atoms in total. The smallest absolute Gasteiger partial charge is 0.336 e. The summed E-state index contributed by atoms with van der Waals surface area (Å²) < 4.78 is 0. The van der Waals surface area contributed by atoms with E-state index in [0.717, 1.165) is 0 Å². The highest BCUT2D eigenvalue weighted by Gasteiger charge is 2.19. The van der Waals surface area contributed by atoms with Gasteiger partial charge in [-0.15, -0.1) is 0 Å². The average molecular weight is 208 g/mol. The lowest BCUT2D eigenvalue weighted by molar-refractivity contribution is 0.0690. The van der Waals surface area contributed by atoms with Gasteiger partial charge in [-0.2, -0.15) is 0 Å². The molecule has 1 rings (SSSR count). The van der Waals surface area contributed by atoms with Crippen LogP contribution in [0, 0.1) is 5.92 Å². The first-order valence-electron chi connectivity index (χ1n) is 4.54. The van der Waals surface area contributed by atoms with Crippen LogP contribution in [-0.4, -0.2) is 22.0 Å². The molecular weight excluding hydrogens is 196 g/mol. The quantitative estimate of drug-likeness (QED) is 0.744. The average Bonchev–Trinajstić information content (AvgIpc) is 2.15. The van der Waals surface area contributed by atoms with E-state index in [4.69, 9.17) is 5.11 Å². The van der Waals surface area contributed by atoms with Gasteiger partial charge in [0.1, 0.15) is 5.75 Å². The van der Waals surface area contributed by atoms with Crippen LogP contribution in [0.25, 0.3) is 0 Å². The van der Waals surface area contributed by atoms with E-state index in [0.29, 0.717) is 0 Å². The van der Waals surface area contributed by atoms with Gasteiger partial charge in [-0.05, 0) is 18.2 Å². The molecule has 0 saturated heterocycles. The highest BCUT2D eigenvalue weighted by atomic mass is 16.4. The highest BCUT2D eigenvalue weighted by Crippen LogP contribution is 2.19. The Morgan fingerprint density at radius 3 is 2.27 bits per heavy atom. The number of carboxylic acids is 1. The minimum absolute atomic E-state index is 0.0532. The third-order valence-electron chi connectivity index (χ3n) is 2.02. The number of carbonyl (C=O) groups is 2. The number of carboxylic acid groups (broad SMARTS) is 1. The van der Waals surface area contributed by atoms with Crippen molar-refractivity contribution in [1.82, 2.24) is 0 Å². The van der Waals surface area contributed by atoms with Crippen LogP contribution in [-0.2, 0) is 0 Å². The number of carbonyl (C=O) groups excluding carboxylic acids is 1. The lowest BCUT2D eigenvalue weighted by Gasteiger charge is -2.07. The molecule has 0 spiro atoms. The Labute approximate surface area is 87.2 Å². The molecule has 0 bridgehead atoms. The molecule has 15 heavy (non-hydrogen) atoms. The molecule has 0 atom stereocenters. The third kappa shape index (κ3) is 2.34. The number of ketones is 1. The molecule has 0 amide bonds. The van der Waals surface area contributed by atoms with Crippen LogP contribution in [0.2, 0.25) is 0 Å². The summed E-state index contributed by atoms with van der Waals surface area (Å²) in [5.74, 6) is -1.86. The lowest BCUT2D eigenvalue weighted by Crippen LogP contribution is -2.13. The first-order valence-corrected chi connectivity index (χ1v) is 4.54. The van der Waals surface area contributed by atoms with Gasteiger partial charge in [-0.3, -0.25) is 4.79 Å². The summed E-state index contributed by atoms with van der Waals surface area (Å²) in [4.78, 5) is 22.5. The Morgan fingerprint density at radius 1 is 1.20 bits per heavy atom. The number of Topliss-reactive ketones (excluding diaryl/α,β-unsaturated/α-hetero) is 1. The monoisotopic (exact) mass is 208 g/mol. The Kier molecular flexibility index (Phi) is 3.09. The van der Waals surface area contributed by atoms with Gasteiger partial charge in [0.15, 0.2) is 5.78 Å². The second kappa shape index (κ2) is 4.13. The molecule has 1 aromatic rings. The predicted octanol–water partition coefficient (Wildman–Crippen LogP) is 1.93. The van der Waals surface area contributed by atoms with Gasteiger partial charge in [-0.1, -0.05) is 13.8 Å². The molecule has 0 radical (unpaired) electrons. The fourth-order valence-corrected chi connectivity index (χ4v) is 1.23.